The number of carbonyl (C=O) groups excluding carboxylic acids is 2. The third-order valence-corrected chi connectivity index (χ3v) is 4.74. The Hall–Kier alpha value is -3.58. The summed E-state index contributed by atoms with van der Waals surface area (Å²) in [5.74, 6) is -1.19. The fourth-order valence-electron chi connectivity index (χ4n) is 3.12. The number of anilines is 2. The molecule has 1 aromatic heterocycles. The molecule has 1 N–H and O–H groups in total. The number of fused-ring (bicyclic) bond motifs is 1. The van der Waals surface area contributed by atoms with Gasteiger partial charge in [-0.3, -0.25) is 14.5 Å². The van der Waals surface area contributed by atoms with Crippen molar-refractivity contribution in [2.24, 2.45) is 4.99 Å². The molecule has 3 aromatic rings. The molecule has 0 aliphatic carbocycles. The maximum Gasteiger partial charge on any atom is 0.244 e. The summed E-state index contributed by atoms with van der Waals surface area (Å²) in [4.78, 5) is 35.7. The van der Waals surface area contributed by atoms with E-state index in [1.807, 2.05) is 6.07 Å². The van der Waals surface area contributed by atoms with Crippen LogP contribution in [0.5, 0.6) is 0 Å². The summed E-state index contributed by atoms with van der Waals surface area (Å²) in [5, 5.41) is 3.02. The van der Waals surface area contributed by atoms with E-state index in [0.29, 0.717) is 22.0 Å². The molecular weight excluding hydrogens is 407 g/mol. The molecule has 4 rings (SSSR count). The summed E-state index contributed by atoms with van der Waals surface area (Å²) < 4.78 is 13.8. The highest BCUT2D eigenvalue weighted by Crippen LogP contribution is 2.31. The Morgan fingerprint density at radius 3 is 2.77 bits per heavy atom. The van der Waals surface area contributed by atoms with Crippen molar-refractivity contribution in [3.63, 3.8) is 0 Å². The van der Waals surface area contributed by atoms with Crippen molar-refractivity contribution in [2.45, 2.75) is 6.42 Å². The lowest BCUT2D eigenvalue weighted by atomic mass is 10.1. The number of aromatic nitrogens is 1. The molecule has 8 heteroatoms. The molecule has 2 heterocycles. The van der Waals surface area contributed by atoms with Gasteiger partial charge in [0.25, 0.3) is 0 Å². The van der Waals surface area contributed by atoms with Crippen LogP contribution in [0.4, 0.5) is 21.6 Å². The standard InChI is InChI=1S/C22H16ClFN4O2/c23-15-6-3-5-14(11-15)19-12-21(30)28(22-18(26-19)9-4-10-25-22)13-20(29)27-17-8-2-1-7-16(17)24/h1-11H,12-13H2,(H,27,29). The molecule has 150 valence electrons. The Labute approximate surface area is 177 Å². The van der Waals surface area contributed by atoms with Crippen molar-refractivity contribution in [1.29, 1.82) is 0 Å². The predicted molar refractivity (Wildman–Crippen MR) is 114 cm³/mol. The number of pyridine rings is 1. The third kappa shape index (κ3) is 4.21. The highest BCUT2D eigenvalue weighted by molar-refractivity contribution is 6.31. The minimum atomic E-state index is -0.557. The Morgan fingerprint density at radius 2 is 1.97 bits per heavy atom. The second-order valence-corrected chi connectivity index (χ2v) is 7.04. The largest absolute Gasteiger partial charge is 0.322 e. The second kappa shape index (κ2) is 8.42. The fraction of sp³-hybridized carbons (Fsp3) is 0.0909. The molecule has 0 fully saturated rings. The zero-order chi connectivity index (χ0) is 21.1. The highest BCUT2D eigenvalue weighted by atomic mass is 35.5. The fourth-order valence-corrected chi connectivity index (χ4v) is 3.31. The quantitative estimate of drug-likeness (QED) is 0.678. The van der Waals surface area contributed by atoms with E-state index in [4.69, 9.17) is 11.6 Å². The number of hydrogen-bond acceptors (Lipinski definition) is 4. The van der Waals surface area contributed by atoms with Gasteiger partial charge in [0.15, 0.2) is 5.82 Å². The summed E-state index contributed by atoms with van der Waals surface area (Å²) in [7, 11) is 0. The van der Waals surface area contributed by atoms with Gasteiger partial charge in [-0.25, -0.2) is 14.4 Å². The topological polar surface area (TPSA) is 74.7 Å². The number of benzene rings is 2. The normalized spacial score (nSPS) is 13.3. The summed E-state index contributed by atoms with van der Waals surface area (Å²) >= 11 is 6.08. The Bertz CT molecular complexity index is 1170. The van der Waals surface area contributed by atoms with E-state index in [9.17, 15) is 14.0 Å². The van der Waals surface area contributed by atoms with E-state index >= 15 is 0 Å². The number of nitrogens with zero attached hydrogens (tertiary/aromatic N) is 3. The van der Waals surface area contributed by atoms with Crippen LogP contribution in [-0.4, -0.2) is 29.1 Å². The molecule has 0 unspecified atom stereocenters. The maximum absolute atomic E-state index is 13.8. The molecular formula is C22H16ClFN4O2. The third-order valence-electron chi connectivity index (χ3n) is 4.50. The molecule has 0 saturated carbocycles. The minimum absolute atomic E-state index is 0.0380. The van der Waals surface area contributed by atoms with Crippen LogP contribution in [0.15, 0.2) is 71.9 Å². The van der Waals surface area contributed by atoms with E-state index in [1.54, 1.807) is 36.4 Å². The molecule has 0 radical (unpaired) electrons. The first-order valence-corrected chi connectivity index (χ1v) is 9.52. The number of nitrogens with one attached hydrogen (secondary N) is 1. The van der Waals surface area contributed by atoms with Crippen molar-refractivity contribution in [3.05, 3.63) is 83.3 Å². The number of rotatable bonds is 4. The predicted octanol–water partition coefficient (Wildman–Crippen LogP) is 4.37. The number of para-hydroxylation sites is 1. The van der Waals surface area contributed by atoms with Crippen molar-refractivity contribution in [1.82, 2.24) is 4.98 Å². The van der Waals surface area contributed by atoms with Gasteiger partial charge in [-0.15, -0.1) is 0 Å². The van der Waals surface area contributed by atoms with Gasteiger partial charge in [-0.2, -0.15) is 0 Å². The van der Waals surface area contributed by atoms with Gasteiger partial charge < -0.3 is 5.32 Å². The van der Waals surface area contributed by atoms with Crippen LogP contribution in [0.1, 0.15) is 12.0 Å². The number of carbonyl (C=O) groups is 2. The zero-order valence-electron chi connectivity index (χ0n) is 15.7. The lowest BCUT2D eigenvalue weighted by Crippen LogP contribution is -2.39. The van der Waals surface area contributed by atoms with Crippen LogP contribution in [0.2, 0.25) is 5.02 Å². The SMILES string of the molecule is O=C(CN1C(=O)CC(c2cccc(Cl)c2)=Nc2cccnc21)Nc1ccccc1F. The molecule has 0 spiro atoms. The van der Waals surface area contributed by atoms with Crippen molar-refractivity contribution in [3.8, 4) is 0 Å². The molecule has 0 atom stereocenters. The summed E-state index contributed by atoms with van der Waals surface area (Å²) in [6.45, 7) is -0.324. The molecule has 0 saturated heterocycles. The van der Waals surface area contributed by atoms with Crippen LogP contribution in [0.25, 0.3) is 0 Å². The van der Waals surface area contributed by atoms with Crippen LogP contribution < -0.4 is 10.2 Å². The highest BCUT2D eigenvalue weighted by Gasteiger charge is 2.28. The van der Waals surface area contributed by atoms with Gasteiger partial charge in [0.2, 0.25) is 11.8 Å². The Kier molecular flexibility index (Phi) is 5.54. The first-order valence-electron chi connectivity index (χ1n) is 9.14. The average Bonchev–Trinajstić information content (AvgIpc) is 2.87. The van der Waals surface area contributed by atoms with Gasteiger partial charge >= 0.3 is 0 Å². The second-order valence-electron chi connectivity index (χ2n) is 6.60. The Morgan fingerprint density at radius 1 is 1.13 bits per heavy atom. The molecule has 1 aliphatic rings. The van der Waals surface area contributed by atoms with Crippen LogP contribution in [0, 0.1) is 5.82 Å². The maximum atomic E-state index is 13.8. The number of amides is 2. The van der Waals surface area contributed by atoms with Crippen LogP contribution in [-0.2, 0) is 9.59 Å². The molecule has 30 heavy (non-hydrogen) atoms. The minimum Gasteiger partial charge on any atom is -0.322 e. The lowest BCUT2D eigenvalue weighted by molar-refractivity contribution is -0.120. The van der Waals surface area contributed by atoms with E-state index in [2.05, 4.69) is 15.3 Å². The first kappa shape index (κ1) is 19.7. The van der Waals surface area contributed by atoms with E-state index in [1.165, 1.54) is 29.3 Å². The summed E-state index contributed by atoms with van der Waals surface area (Å²) in [6, 6.07) is 16.3. The Balaban J connectivity index is 1.63. The average molecular weight is 423 g/mol. The molecule has 2 aromatic carbocycles. The number of halogens is 2. The number of hydrogen-bond donors (Lipinski definition) is 1. The van der Waals surface area contributed by atoms with Crippen LogP contribution in [0.3, 0.4) is 0 Å². The van der Waals surface area contributed by atoms with Crippen molar-refractivity contribution < 1.29 is 14.0 Å². The van der Waals surface area contributed by atoms with Gasteiger partial charge in [0, 0.05) is 11.2 Å². The molecule has 6 nitrogen and oxygen atoms in total. The lowest BCUT2D eigenvalue weighted by Gasteiger charge is -2.20. The van der Waals surface area contributed by atoms with Gasteiger partial charge in [0.1, 0.15) is 18.0 Å². The summed E-state index contributed by atoms with van der Waals surface area (Å²) in [6.07, 6.45) is 1.48. The monoisotopic (exact) mass is 422 g/mol. The van der Waals surface area contributed by atoms with Crippen LogP contribution >= 0.6 is 11.6 Å². The smallest absolute Gasteiger partial charge is 0.244 e. The molecule has 2 amide bonds. The summed E-state index contributed by atoms with van der Waals surface area (Å²) in [5.41, 5.74) is 1.73. The number of aliphatic imine (C=N–C) groups is 1. The van der Waals surface area contributed by atoms with Crippen molar-refractivity contribution >= 4 is 46.3 Å². The zero-order valence-corrected chi connectivity index (χ0v) is 16.4. The van der Waals surface area contributed by atoms with Gasteiger partial charge in [-0.1, -0.05) is 35.9 Å². The van der Waals surface area contributed by atoms with Gasteiger partial charge in [-0.05, 0) is 42.0 Å². The molecule has 0 bridgehead atoms. The van der Waals surface area contributed by atoms with E-state index in [0.717, 1.165) is 0 Å². The van der Waals surface area contributed by atoms with E-state index in [-0.39, 0.29) is 30.4 Å². The van der Waals surface area contributed by atoms with E-state index < -0.39 is 11.7 Å². The van der Waals surface area contributed by atoms with Gasteiger partial charge in [0.05, 0.1) is 17.8 Å². The van der Waals surface area contributed by atoms with Crippen molar-refractivity contribution in [2.75, 3.05) is 16.8 Å². The molecule has 1 aliphatic heterocycles. The first-order chi connectivity index (χ1) is 14.5.